The van der Waals surface area contributed by atoms with Crippen molar-refractivity contribution in [3.63, 3.8) is 0 Å². The summed E-state index contributed by atoms with van der Waals surface area (Å²) in [6, 6.07) is 3.73. The van der Waals surface area contributed by atoms with E-state index in [1.54, 1.807) is 36.0 Å². The van der Waals surface area contributed by atoms with Crippen molar-refractivity contribution in [2.75, 3.05) is 5.32 Å². The summed E-state index contributed by atoms with van der Waals surface area (Å²) in [5.41, 5.74) is 5.18. The highest BCUT2D eigenvalue weighted by Crippen LogP contribution is 2.32. The Morgan fingerprint density at radius 3 is 2.69 bits per heavy atom. The van der Waals surface area contributed by atoms with Crippen LogP contribution in [0.15, 0.2) is 49.5 Å². The largest absolute Gasteiger partial charge is 0.307 e. The van der Waals surface area contributed by atoms with E-state index in [-0.39, 0.29) is 5.91 Å². The summed E-state index contributed by atoms with van der Waals surface area (Å²) in [7, 11) is 0. The van der Waals surface area contributed by atoms with Crippen LogP contribution >= 0.6 is 11.3 Å². The van der Waals surface area contributed by atoms with Crippen LogP contribution in [0.3, 0.4) is 0 Å². The molecule has 0 aliphatic heterocycles. The van der Waals surface area contributed by atoms with Crippen LogP contribution < -0.4 is 5.32 Å². The zero-order valence-corrected chi connectivity index (χ0v) is 17.9. The average molecular weight is 405 g/mol. The van der Waals surface area contributed by atoms with Gasteiger partial charge in [-0.15, -0.1) is 11.3 Å². The zero-order valence-electron chi connectivity index (χ0n) is 17.1. The van der Waals surface area contributed by atoms with Crippen molar-refractivity contribution >= 4 is 28.6 Å². The van der Waals surface area contributed by atoms with Crippen molar-refractivity contribution in [1.29, 1.82) is 0 Å². The Kier molecular flexibility index (Phi) is 6.34. The molecule has 3 aromatic rings. The van der Waals surface area contributed by atoms with Gasteiger partial charge in [-0.1, -0.05) is 25.7 Å². The number of allylic oxidation sites excluding steroid dienone is 3. The number of aryl methyl sites for hydroxylation is 2. The van der Waals surface area contributed by atoms with Crippen molar-refractivity contribution in [3.8, 4) is 11.3 Å². The number of nitrogens with one attached hydrogen (secondary N) is 1. The second-order valence-electron chi connectivity index (χ2n) is 6.68. The fraction of sp³-hybridized carbons (Fsp3) is 0.217. The Labute approximate surface area is 175 Å². The number of carbonyl (C=O) groups excluding carboxylic acids is 1. The summed E-state index contributed by atoms with van der Waals surface area (Å²) < 4.78 is 0. The number of rotatable bonds is 6. The average Bonchev–Trinajstić information content (AvgIpc) is 3.15. The summed E-state index contributed by atoms with van der Waals surface area (Å²) in [6.07, 6.45) is 9.87. The van der Waals surface area contributed by atoms with E-state index in [0.29, 0.717) is 11.4 Å². The highest BCUT2D eigenvalue weighted by Gasteiger charge is 2.15. The van der Waals surface area contributed by atoms with E-state index < -0.39 is 0 Å². The molecule has 148 valence electrons. The molecule has 3 rings (SSSR count). The second kappa shape index (κ2) is 8.92. The van der Waals surface area contributed by atoms with Crippen LogP contribution in [0.5, 0.6) is 0 Å². The Morgan fingerprint density at radius 1 is 1.24 bits per heavy atom. The van der Waals surface area contributed by atoms with Crippen molar-refractivity contribution in [2.45, 2.75) is 34.1 Å². The SMILES string of the molecule is C=C(/C=C/C)c1nc(-c2ccc(NC(=O)c3cncc(C)c3C)nc2)c(CC)s1. The van der Waals surface area contributed by atoms with Gasteiger partial charge in [-0.05, 0) is 50.5 Å². The van der Waals surface area contributed by atoms with E-state index in [2.05, 4.69) is 28.8 Å². The molecule has 0 atom stereocenters. The first kappa shape index (κ1) is 20.6. The van der Waals surface area contributed by atoms with E-state index in [1.165, 1.54) is 4.88 Å². The molecule has 0 fully saturated rings. The molecule has 0 bridgehead atoms. The lowest BCUT2D eigenvalue weighted by Gasteiger charge is -2.09. The number of anilines is 1. The molecule has 0 unspecified atom stereocenters. The fourth-order valence-electron chi connectivity index (χ4n) is 2.88. The molecule has 29 heavy (non-hydrogen) atoms. The van der Waals surface area contributed by atoms with Crippen molar-refractivity contribution in [3.05, 3.63) is 76.0 Å². The monoisotopic (exact) mass is 404 g/mol. The number of amides is 1. The molecular formula is C23H24N4OS. The van der Waals surface area contributed by atoms with Crippen LogP contribution in [-0.4, -0.2) is 20.9 Å². The van der Waals surface area contributed by atoms with Gasteiger partial charge in [0.25, 0.3) is 5.91 Å². The minimum Gasteiger partial charge on any atom is -0.307 e. The maximum Gasteiger partial charge on any atom is 0.258 e. The molecule has 0 saturated heterocycles. The van der Waals surface area contributed by atoms with Crippen LogP contribution in [-0.2, 0) is 6.42 Å². The first-order valence-corrected chi connectivity index (χ1v) is 10.3. The first-order valence-electron chi connectivity index (χ1n) is 9.45. The molecule has 0 aliphatic carbocycles. The number of pyridine rings is 2. The summed E-state index contributed by atoms with van der Waals surface area (Å²) >= 11 is 1.65. The number of carbonyl (C=O) groups is 1. The van der Waals surface area contributed by atoms with Crippen LogP contribution in [0.1, 0.15) is 45.2 Å². The zero-order chi connectivity index (χ0) is 21.0. The van der Waals surface area contributed by atoms with Gasteiger partial charge in [0.2, 0.25) is 0 Å². The normalized spacial score (nSPS) is 11.0. The molecule has 1 amide bonds. The Morgan fingerprint density at radius 2 is 2.03 bits per heavy atom. The molecule has 0 radical (unpaired) electrons. The Bertz CT molecular complexity index is 1080. The van der Waals surface area contributed by atoms with Crippen molar-refractivity contribution < 1.29 is 4.79 Å². The molecule has 0 aliphatic rings. The standard InChI is InChI=1S/C23H24N4OS/c1-6-8-14(3)23-27-21(19(7-2)29-23)17-9-10-20(25-12-17)26-22(28)18-13-24-11-15(4)16(18)5/h6,8-13H,3,7H2,1-2,4-5H3,(H,25,26,28)/b8-6+. The van der Waals surface area contributed by atoms with Crippen LogP contribution in [0, 0.1) is 13.8 Å². The van der Waals surface area contributed by atoms with E-state index >= 15 is 0 Å². The second-order valence-corrected chi connectivity index (χ2v) is 7.77. The van der Waals surface area contributed by atoms with E-state index in [1.807, 2.05) is 39.0 Å². The van der Waals surface area contributed by atoms with Gasteiger partial charge in [0, 0.05) is 34.6 Å². The third-order valence-electron chi connectivity index (χ3n) is 4.65. The number of hydrogen-bond acceptors (Lipinski definition) is 5. The maximum atomic E-state index is 12.6. The third kappa shape index (κ3) is 4.49. The highest BCUT2D eigenvalue weighted by molar-refractivity contribution is 7.13. The molecule has 1 N–H and O–H groups in total. The summed E-state index contributed by atoms with van der Waals surface area (Å²) in [6.45, 7) is 12.0. The molecule has 3 aromatic heterocycles. The smallest absolute Gasteiger partial charge is 0.258 e. The van der Waals surface area contributed by atoms with Gasteiger partial charge in [-0.25, -0.2) is 9.97 Å². The molecule has 0 spiro atoms. The van der Waals surface area contributed by atoms with Crippen LogP contribution in [0.2, 0.25) is 0 Å². The van der Waals surface area contributed by atoms with Crippen LogP contribution in [0.4, 0.5) is 5.82 Å². The van der Waals surface area contributed by atoms with Gasteiger partial charge in [0.05, 0.1) is 11.3 Å². The van der Waals surface area contributed by atoms with Gasteiger partial charge in [-0.3, -0.25) is 9.78 Å². The summed E-state index contributed by atoms with van der Waals surface area (Å²) in [5, 5.41) is 3.75. The number of nitrogens with zero attached hydrogens (tertiary/aromatic N) is 3. The molecule has 0 saturated carbocycles. The van der Waals surface area contributed by atoms with E-state index in [4.69, 9.17) is 4.98 Å². The molecule has 6 heteroatoms. The molecule has 5 nitrogen and oxygen atoms in total. The van der Waals surface area contributed by atoms with Gasteiger partial charge >= 0.3 is 0 Å². The topological polar surface area (TPSA) is 67.8 Å². The van der Waals surface area contributed by atoms with Gasteiger partial charge in [0.1, 0.15) is 10.8 Å². The molecule has 0 aromatic carbocycles. The predicted molar refractivity (Wildman–Crippen MR) is 120 cm³/mol. The first-order chi connectivity index (χ1) is 13.9. The van der Waals surface area contributed by atoms with Gasteiger partial charge in [0.15, 0.2) is 0 Å². The molecule has 3 heterocycles. The minimum absolute atomic E-state index is 0.216. The highest BCUT2D eigenvalue weighted by atomic mass is 32.1. The Hall–Kier alpha value is -3.12. The van der Waals surface area contributed by atoms with Gasteiger partial charge < -0.3 is 5.32 Å². The van der Waals surface area contributed by atoms with E-state index in [9.17, 15) is 4.79 Å². The van der Waals surface area contributed by atoms with Gasteiger partial charge in [-0.2, -0.15) is 0 Å². The maximum absolute atomic E-state index is 12.6. The third-order valence-corrected chi connectivity index (χ3v) is 5.93. The number of hydrogen-bond donors (Lipinski definition) is 1. The molecular weight excluding hydrogens is 380 g/mol. The van der Waals surface area contributed by atoms with Crippen LogP contribution in [0.25, 0.3) is 16.8 Å². The fourth-order valence-corrected chi connectivity index (χ4v) is 3.85. The van der Waals surface area contributed by atoms with Crippen molar-refractivity contribution in [2.24, 2.45) is 0 Å². The van der Waals surface area contributed by atoms with E-state index in [0.717, 1.165) is 39.4 Å². The minimum atomic E-state index is -0.216. The predicted octanol–water partition coefficient (Wildman–Crippen LogP) is 5.62. The van der Waals surface area contributed by atoms with Crippen molar-refractivity contribution in [1.82, 2.24) is 15.0 Å². The Balaban J connectivity index is 1.83. The lowest BCUT2D eigenvalue weighted by molar-refractivity contribution is 0.102. The summed E-state index contributed by atoms with van der Waals surface area (Å²) in [4.78, 5) is 27.0. The quantitative estimate of drug-likeness (QED) is 0.541. The lowest BCUT2D eigenvalue weighted by atomic mass is 10.1. The lowest BCUT2D eigenvalue weighted by Crippen LogP contribution is -2.15. The summed E-state index contributed by atoms with van der Waals surface area (Å²) in [5.74, 6) is 0.276. The number of thiazole rings is 1. The number of aromatic nitrogens is 3.